The molecule has 54 valence electrons. The van der Waals surface area contributed by atoms with E-state index < -0.39 is 0 Å². The van der Waals surface area contributed by atoms with Gasteiger partial charge in [0.05, 0.1) is 4.99 Å². The minimum absolute atomic E-state index is 0.992. The molecule has 9 heavy (non-hydrogen) atoms. The lowest BCUT2D eigenvalue weighted by atomic mass is 10.4. The van der Waals surface area contributed by atoms with Crippen molar-refractivity contribution in [2.45, 2.75) is 26.7 Å². The van der Waals surface area contributed by atoms with Crippen LogP contribution in [0, 0.1) is 0 Å². The third-order valence-electron chi connectivity index (χ3n) is 1.29. The van der Waals surface area contributed by atoms with E-state index in [-0.39, 0.29) is 0 Å². The maximum atomic E-state index is 5.07. The zero-order chi connectivity index (χ0) is 7.28. The first-order valence-electron chi connectivity index (χ1n) is 3.46. The Morgan fingerprint density at radius 2 is 2.00 bits per heavy atom. The number of rotatable bonds is 3. The molecular formula is C7H15NS. The molecule has 0 N–H and O–H groups in total. The summed E-state index contributed by atoms with van der Waals surface area (Å²) in [5, 5.41) is 0. The van der Waals surface area contributed by atoms with Crippen molar-refractivity contribution >= 4 is 17.2 Å². The molecule has 0 aromatic rings. The Hall–Kier alpha value is -0.110. The Labute approximate surface area is 63.0 Å². The normalized spacial score (nSPS) is 9.22. The molecular weight excluding hydrogens is 130 g/mol. The van der Waals surface area contributed by atoms with Crippen molar-refractivity contribution in [3.8, 4) is 0 Å². The molecule has 0 bridgehead atoms. The first-order chi connectivity index (χ1) is 4.22. The molecule has 0 fully saturated rings. The van der Waals surface area contributed by atoms with E-state index in [1.807, 2.05) is 0 Å². The van der Waals surface area contributed by atoms with Gasteiger partial charge in [-0.05, 0) is 12.8 Å². The second kappa shape index (κ2) is 4.74. The van der Waals surface area contributed by atoms with Crippen LogP contribution in [0.5, 0.6) is 0 Å². The van der Waals surface area contributed by atoms with Gasteiger partial charge in [-0.1, -0.05) is 26.1 Å². The number of hydrogen-bond donors (Lipinski definition) is 0. The molecule has 0 unspecified atom stereocenters. The van der Waals surface area contributed by atoms with Crippen LogP contribution in [0.25, 0.3) is 0 Å². The highest BCUT2D eigenvalue weighted by Gasteiger charge is 1.97. The monoisotopic (exact) mass is 145 g/mol. The molecule has 0 saturated heterocycles. The molecule has 0 aliphatic carbocycles. The van der Waals surface area contributed by atoms with E-state index in [0.29, 0.717) is 0 Å². The van der Waals surface area contributed by atoms with E-state index in [1.54, 1.807) is 0 Å². The van der Waals surface area contributed by atoms with Gasteiger partial charge in [0.15, 0.2) is 0 Å². The van der Waals surface area contributed by atoms with E-state index in [9.17, 15) is 0 Å². The molecule has 0 aliphatic rings. The largest absolute Gasteiger partial charge is 0.369 e. The summed E-state index contributed by atoms with van der Waals surface area (Å²) in [5.41, 5.74) is 0. The van der Waals surface area contributed by atoms with Crippen LogP contribution in [0.4, 0.5) is 0 Å². The highest BCUT2D eigenvalue weighted by Crippen LogP contribution is 1.93. The maximum Gasteiger partial charge on any atom is 0.0773 e. The van der Waals surface area contributed by atoms with Gasteiger partial charge in [0, 0.05) is 13.6 Å². The van der Waals surface area contributed by atoms with Crippen LogP contribution in [0.1, 0.15) is 26.7 Å². The van der Waals surface area contributed by atoms with Crippen LogP contribution in [0.2, 0.25) is 0 Å². The molecule has 0 radical (unpaired) electrons. The highest BCUT2D eigenvalue weighted by molar-refractivity contribution is 7.80. The Bertz CT molecular complexity index is 90.9. The number of hydrogen-bond acceptors (Lipinski definition) is 1. The summed E-state index contributed by atoms with van der Waals surface area (Å²) in [6.45, 7) is 5.34. The number of thiocarbonyl (C=S) groups is 1. The van der Waals surface area contributed by atoms with E-state index in [1.165, 1.54) is 6.42 Å². The first kappa shape index (κ1) is 8.89. The standard InChI is InChI=1S/C7H15NS/c1-4-6-8(3)7(9)5-2/h4-6H2,1-3H3. The van der Waals surface area contributed by atoms with Crippen LogP contribution in [0.3, 0.4) is 0 Å². The van der Waals surface area contributed by atoms with Crippen molar-refractivity contribution in [3.05, 3.63) is 0 Å². The van der Waals surface area contributed by atoms with Crippen molar-refractivity contribution in [2.75, 3.05) is 13.6 Å². The first-order valence-corrected chi connectivity index (χ1v) is 3.87. The summed E-state index contributed by atoms with van der Waals surface area (Å²) in [6, 6.07) is 0. The lowest BCUT2D eigenvalue weighted by Crippen LogP contribution is -2.24. The van der Waals surface area contributed by atoms with Gasteiger partial charge in [-0.15, -0.1) is 0 Å². The van der Waals surface area contributed by atoms with Crippen molar-refractivity contribution in [2.24, 2.45) is 0 Å². The van der Waals surface area contributed by atoms with E-state index >= 15 is 0 Å². The molecule has 0 aromatic carbocycles. The predicted molar refractivity (Wildman–Crippen MR) is 45.8 cm³/mol. The second-order valence-corrected chi connectivity index (χ2v) is 2.64. The summed E-state index contributed by atoms with van der Waals surface area (Å²) in [5.74, 6) is 0. The zero-order valence-corrected chi connectivity index (χ0v) is 7.29. The Morgan fingerprint density at radius 1 is 1.44 bits per heavy atom. The van der Waals surface area contributed by atoms with Gasteiger partial charge < -0.3 is 4.90 Å². The minimum Gasteiger partial charge on any atom is -0.369 e. The smallest absolute Gasteiger partial charge is 0.0773 e. The van der Waals surface area contributed by atoms with Crippen molar-refractivity contribution < 1.29 is 0 Å². The third kappa shape index (κ3) is 3.46. The third-order valence-corrected chi connectivity index (χ3v) is 1.89. The van der Waals surface area contributed by atoms with Crippen LogP contribution in [0.15, 0.2) is 0 Å². The van der Waals surface area contributed by atoms with E-state index in [0.717, 1.165) is 18.0 Å². The molecule has 0 rings (SSSR count). The molecule has 0 aliphatic heterocycles. The predicted octanol–water partition coefficient (Wildman–Crippen LogP) is 2.07. The second-order valence-electron chi connectivity index (χ2n) is 2.17. The fraction of sp³-hybridized carbons (Fsp3) is 0.857. The van der Waals surface area contributed by atoms with Crippen molar-refractivity contribution in [3.63, 3.8) is 0 Å². The summed E-state index contributed by atoms with van der Waals surface area (Å²) in [6.07, 6.45) is 2.17. The van der Waals surface area contributed by atoms with Gasteiger partial charge in [-0.25, -0.2) is 0 Å². The molecule has 1 nitrogen and oxygen atoms in total. The van der Waals surface area contributed by atoms with Crippen LogP contribution >= 0.6 is 12.2 Å². The minimum atomic E-state index is 0.992. The van der Waals surface area contributed by atoms with Crippen LogP contribution in [-0.2, 0) is 0 Å². The van der Waals surface area contributed by atoms with Gasteiger partial charge in [0.1, 0.15) is 0 Å². The highest BCUT2D eigenvalue weighted by atomic mass is 32.1. The quantitative estimate of drug-likeness (QED) is 0.559. The Balaban J connectivity index is 3.45. The number of nitrogens with zero attached hydrogens (tertiary/aromatic N) is 1. The summed E-state index contributed by atoms with van der Waals surface area (Å²) in [7, 11) is 2.05. The van der Waals surface area contributed by atoms with Gasteiger partial charge in [-0.2, -0.15) is 0 Å². The fourth-order valence-electron chi connectivity index (χ4n) is 0.730. The lowest BCUT2D eigenvalue weighted by molar-refractivity contribution is 0.501. The molecule has 0 atom stereocenters. The topological polar surface area (TPSA) is 3.24 Å². The van der Waals surface area contributed by atoms with E-state index in [2.05, 4.69) is 25.8 Å². The maximum absolute atomic E-state index is 5.07. The molecule has 0 spiro atoms. The van der Waals surface area contributed by atoms with Gasteiger partial charge >= 0.3 is 0 Å². The van der Waals surface area contributed by atoms with Crippen molar-refractivity contribution in [1.82, 2.24) is 4.90 Å². The fourth-order valence-corrected chi connectivity index (χ4v) is 0.821. The molecule has 0 aromatic heterocycles. The van der Waals surface area contributed by atoms with Gasteiger partial charge in [-0.3, -0.25) is 0 Å². The average molecular weight is 145 g/mol. The molecule has 2 heteroatoms. The Kier molecular flexibility index (Phi) is 4.68. The summed E-state index contributed by atoms with van der Waals surface area (Å²) < 4.78 is 0. The summed E-state index contributed by atoms with van der Waals surface area (Å²) >= 11 is 5.07. The SMILES string of the molecule is CCCN(C)C(=S)CC. The van der Waals surface area contributed by atoms with Crippen LogP contribution < -0.4 is 0 Å². The molecule has 0 amide bonds. The zero-order valence-electron chi connectivity index (χ0n) is 6.48. The summed E-state index contributed by atoms with van der Waals surface area (Å²) in [4.78, 5) is 3.20. The van der Waals surface area contributed by atoms with E-state index in [4.69, 9.17) is 12.2 Å². The Morgan fingerprint density at radius 3 is 2.33 bits per heavy atom. The lowest BCUT2D eigenvalue weighted by Gasteiger charge is -2.17. The molecule has 0 heterocycles. The molecule has 0 saturated carbocycles. The van der Waals surface area contributed by atoms with Crippen molar-refractivity contribution in [1.29, 1.82) is 0 Å². The van der Waals surface area contributed by atoms with Crippen LogP contribution in [-0.4, -0.2) is 23.5 Å². The van der Waals surface area contributed by atoms with Gasteiger partial charge in [0.25, 0.3) is 0 Å². The van der Waals surface area contributed by atoms with Gasteiger partial charge in [0.2, 0.25) is 0 Å². The average Bonchev–Trinajstić information content (AvgIpc) is 1.87.